The van der Waals surface area contributed by atoms with E-state index in [0.717, 1.165) is 10.2 Å². The molecule has 0 N–H and O–H groups in total. The SMILES string of the molecule is COc1ccc(S(=O)(=O)n2cc(C(F)F)c3ccc(Cl)cc32)cc1N1CCOCC1. The number of methoxy groups -OCH3 is 1. The molecule has 1 aliphatic rings. The van der Waals surface area contributed by atoms with E-state index in [-0.39, 0.29) is 26.4 Å². The molecule has 10 heteroatoms. The van der Waals surface area contributed by atoms with Crippen molar-refractivity contribution in [2.45, 2.75) is 11.3 Å². The zero-order valence-corrected chi connectivity index (χ0v) is 17.6. The van der Waals surface area contributed by atoms with Gasteiger partial charge >= 0.3 is 0 Å². The summed E-state index contributed by atoms with van der Waals surface area (Å²) in [6.45, 7) is 2.19. The molecule has 0 aliphatic carbocycles. The number of ether oxygens (including phenoxy) is 2. The molecule has 1 fully saturated rings. The highest BCUT2D eigenvalue weighted by Gasteiger charge is 2.26. The van der Waals surface area contributed by atoms with E-state index in [4.69, 9.17) is 21.1 Å². The van der Waals surface area contributed by atoms with Crippen LogP contribution in [0.3, 0.4) is 0 Å². The second kappa shape index (κ2) is 8.05. The first-order valence-corrected chi connectivity index (χ1v) is 11.0. The number of hydrogen-bond acceptors (Lipinski definition) is 5. The summed E-state index contributed by atoms with van der Waals surface area (Å²) in [6, 6.07) is 8.68. The summed E-state index contributed by atoms with van der Waals surface area (Å²) in [5.74, 6) is 0.518. The number of fused-ring (bicyclic) bond motifs is 1. The van der Waals surface area contributed by atoms with Gasteiger partial charge in [0.2, 0.25) is 0 Å². The second-order valence-electron chi connectivity index (χ2n) is 6.78. The lowest BCUT2D eigenvalue weighted by molar-refractivity contribution is 0.122. The smallest absolute Gasteiger partial charge is 0.268 e. The van der Waals surface area contributed by atoms with E-state index in [2.05, 4.69) is 0 Å². The van der Waals surface area contributed by atoms with Gasteiger partial charge in [0.1, 0.15) is 5.75 Å². The Morgan fingerprint density at radius 1 is 1.13 bits per heavy atom. The molecule has 0 saturated carbocycles. The minimum atomic E-state index is -4.17. The fourth-order valence-electron chi connectivity index (χ4n) is 3.56. The Hall–Kier alpha value is -2.36. The minimum absolute atomic E-state index is 0.0394. The summed E-state index contributed by atoms with van der Waals surface area (Å²) < 4.78 is 65.5. The van der Waals surface area contributed by atoms with E-state index in [1.165, 1.54) is 37.4 Å². The summed E-state index contributed by atoms with van der Waals surface area (Å²) in [4.78, 5) is 1.93. The van der Waals surface area contributed by atoms with Gasteiger partial charge in [-0.15, -0.1) is 0 Å². The molecule has 3 aromatic rings. The number of aromatic nitrogens is 1. The average molecular weight is 457 g/mol. The van der Waals surface area contributed by atoms with Crippen molar-refractivity contribution in [1.29, 1.82) is 0 Å². The molecule has 4 rings (SSSR count). The third kappa shape index (κ3) is 3.61. The summed E-state index contributed by atoms with van der Waals surface area (Å²) in [7, 11) is -2.67. The summed E-state index contributed by atoms with van der Waals surface area (Å²) in [5.41, 5.74) is 0.333. The lowest BCUT2D eigenvalue weighted by Gasteiger charge is -2.30. The largest absolute Gasteiger partial charge is 0.495 e. The Bertz CT molecular complexity index is 1190. The second-order valence-corrected chi connectivity index (χ2v) is 9.03. The molecular weight excluding hydrogens is 438 g/mol. The van der Waals surface area contributed by atoms with Crippen LogP contribution >= 0.6 is 11.6 Å². The van der Waals surface area contributed by atoms with Crippen molar-refractivity contribution in [3.05, 3.63) is 53.2 Å². The summed E-state index contributed by atoms with van der Waals surface area (Å²) in [6.07, 6.45) is -1.87. The number of benzene rings is 2. The van der Waals surface area contributed by atoms with E-state index in [9.17, 15) is 17.2 Å². The van der Waals surface area contributed by atoms with Crippen LogP contribution in [0, 0.1) is 0 Å². The number of hydrogen-bond donors (Lipinski definition) is 0. The Balaban J connectivity index is 1.87. The molecule has 30 heavy (non-hydrogen) atoms. The lowest BCUT2D eigenvalue weighted by atomic mass is 10.2. The number of rotatable bonds is 5. The van der Waals surface area contributed by atoms with Crippen LogP contribution in [0.5, 0.6) is 5.75 Å². The molecule has 160 valence electrons. The molecule has 1 aromatic heterocycles. The molecule has 2 heterocycles. The number of morpholine rings is 1. The molecule has 0 radical (unpaired) electrons. The first kappa shape index (κ1) is 20.9. The molecule has 1 aliphatic heterocycles. The zero-order valence-electron chi connectivity index (χ0n) is 16.0. The highest BCUT2D eigenvalue weighted by atomic mass is 35.5. The third-order valence-corrected chi connectivity index (χ3v) is 6.96. The molecular formula is C20H19ClF2N2O4S. The fourth-order valence-corrected chi connectivity index (χ4v) is 5.12. The van der Waals surface area contributed by atoms with Gasteiger partial charge in [-0.05, 0) is 30.3 Å². The monoisotopic (exact) mass is 456 g/mol. The fraction of sp³-hybridized carbons (Fsp3) is 0.300. The van der Waals surface area contributed by atoms with Crippen LogP contribution in [0.15, 0.2) is 47.5 Å². The Labute approximate surface area is 177 Å². The minimum Gasteiger partial charge on any atom is -0.495 e. The molecule has 0 amide bonds. The molecule has 0 spiro atoms. The average Bonchev–Trinajstić information content (AvgIpc) is 3.13. The van der Waals surface area contributed by atoms with Crippen LogP contribution in [0.1, 0.15) is 12.0 Å². The molecule has 0 unspecified atom stereocenters. The Morgan fingerprint density at radius 2 is 1.87 bits per heavy atom. The van der Waals surface area contributed by atoms with Crippen LogP contribution in [-0.4, -0.2) is 45.8 Å². The lowest BCUT2D eigenvalue weighted by Crippen LogP contribution is -2.36. The van der Waals surface area contributed by atoms with Crippen LogP contribution in [0.4, 0.5) is 14.5 Å². The molecule has 0 atom stereocenters. The Kier molecular flexibility index (Phi) is 5.61. The first-order chi connectivity index (χ1) is 14.3. The van der Waals surface area contributed by atoms with Crippen molar-refractivity contribution < 1.29 is 26.7 Å². The van der Waals surface area contributed by atoms with Gasteiger partial charge in [0.05, 0.1) is 36.4 Å². The van der Waals surface area contributed by atoms with Crippen molar-refractivity contribution in [2.24, 2.45) is 0 Å². The van der Waals surface area contributed by atoms with Gasteiger partial charge in [0.15, 0.2) is 0 Å². The summed E-state index contributed by atoms with van der Waals surface area (Å²) >= 11 is 6.01. The van der Waals surface area contributed by atoms with Crippen LogP contribution < -0.4 is 9.64 Å². The highest BCUT2D eigenvalue weighted by molar-refractivity contribution is 7.90. The predicted molar refractivity (Wildman–Crippen MR) is 111 cm³/mol. The topological polar surface area (TPSA) is 60.8 Å². The number of anilines is 1. The van der Waals surface area contributed by atoms with Gasteiger partial charge in [-0.2, -0.15) is 0 Å². The van der Waals surface area contributed by atoms with Gasteiger partial charge in [0.25, 0.3) is 16.4 Å². The number of nitrogens with zero attached hydrogens (tertiary/aromatic N) is 2. The third-order valence-electron chi connectivity index (χ3n) is 5.06. The van der Waals surface area contributed by atoms with Gasteiger partial charge in [-0.1, -0.05) is 17.7 Å². The van der Waals surface area contributed by atoms with Gasteiger partial charge in [-0.25, -0.2) is 21.2 Å². The molecule has 0 bridgehead atoms. The molecule has 6 nitrogen and oxygen atoms in total. The maximum absolute atomic E-state index is 13.5. The maximum atomic E-state index is 13.5. The maximum Gasteiger partial charge on any atom is 0.268 e. The highest BCUT2D eigenvalue weighted by Crippen LogP contribution is 2.36. The van der Waals surface area contributed by atoms with E-state index in [1.54, 1.807) is 6.07 Å². The zero-order chi connectivity index (χ0) is 21.5. The van der Waals surface area contributed by atoms with Gasteiger partial charge in [-0.3, -0.25) is 0 Å². The first-order valence-electron chi connectivity index (χ1n) is 9.18. The van der Waals surface area contributed by atoms with E-state index >= 15 is 0 Å². The van der Waals surface area contributed by atoms with E-state index < -0.39 is 16.4 Å². The molecule has 2 aromatic carbocycles. The van der Waals surface area contributed by atoms with Crippen LogP contribution in [-0.2, 0) is 14.8 Å². The molecule has 1 saturated heterocycles. The van der Waals surface area contributed by atoms with E-state index in [0.29, 0.717) is 37.7 Å². The van der Waals surface area contributed by atoms with Gasteiger partial charge < -0.3 is 14.4 Å². The van der Waals surface area contributed by atoms with Crippen molar-refractivity contribution >= 4 is 38.2 Å². The van der Waals surface area contributed by atoms with Crippen molar-refractivity contribution in [1.82, 2.24) is 3.97 Å². The van der Waals surface area contributed by atoms with Gasteiger partial charge in [0, 0.05) is 35.3 Å². The van der Waals surface area contributed by atoms with E-state index in [1.807, 2.05) is 4.90 Å². The Morgan fingerprint density at radius 3 is 2.53 bits per heavy atom. The van der Waals surface area contributed by atoms with Crippen LogP contribution in [0.2, 0.25) is 5.02 Å². The summed E-state index contributed by atoms with van der Waals surface area (Å²) in [5, 5.41) is 0.390. The number of alkyl halides is 2. The van der Waals surface area contributed by atoms with Crippen LogP contribution in [0.25, 0.3) is 10.9 Å². The van der Waals surface area contributed by atoms with Crippen molar-refractivity contribution in [3.63, 3.8) is 0 Å². The van der Waals surface area contributed by atoms with Crippen molar-refractivity contribution in [2.75, 3.05) is 38.3 Å². The number of halogens is 3. The van der Waals surface area contributed by atoms with Crippen molar-refractivity contribution in [3.8, 4) is 5.75 Å². The normalized spacial score (nSPS) is 15.2. The quantitative estimate of drug-likeness (QED) is 0.572. The standard InChI is InChI=1S/C20H19ClF2N2O4S/c1-28-19-5-3-14(11-18(19)24-6-8-29-9-7-24)30(26,27)25-12-16(20(22)23)15-4-2-13(21)10-17(15)25/h2-5,10-12,20H,6-9H2,1H3. The predicted octanol–water partition coefficient (Wildman–Crippen LogP) is 4.31.